The largest absolute Gasteiger partial charge is 0.493 e. The van der Waals surface area contributed by atoms with Crippen molar-refractivity contribution < 1.29 is 47.7 Å². The van der Waals surface area contributed by atoms with Crippen LogP contribution in [0.15, 0.2) is 101 Å². The van der Waals surface area contributed by atoms with Gasteiger partial charge in [-0.25, -0.2) is 0 Å². The van der Waals surface area contributed by atoms with Crippen molar-refractivity contribution in [2.75, 3.05) is 29.3 Å². The molecule has 5 aromatic carbocycles. The highest BCUT2D eigenvalue weighted by atomic mass is 16.5. The number of rotatable bonds is 19. The molecule has 0 saturated heterocycles. The van der Waals surface area contributed by atoms with Crippen molar-refractivity contribution in [3.63, 3.8) is 0 Å². The van der Waals surface area contributed by atoms with Crippen LogP contribution < -0.4 is 50.4 Å². The molecule has 6 amide bonds. The lowest BCUT2D eigenvalue weighted by molar-refractivity contribution is -0.131. The number of methoxy groups -OCH3 is 2. The molecule has 74 heavy (non-hydrogen) atoms. The average molecular weight is 1000 g/mol. The molecule has 5 N–H and O–H groups in total. The first kappa shape index (κ1) is 50.4. The highest BCUT2D eigenvalue weighted by Crippen LogP contribution is 2.43. The first-order valence-corrected chi connectivity index (χ1v) is 24.6. The van der Waals surface area contributed by atoms with Crippen molar-refractivity contribution in [3.05, 3.63) is 124 Å². The summed E-state index contributed by atoms with van der Waals surface area (Å²) in [6.45, 7) is 5.04. The van der Waals surface area contributed by atoms with Crippen molar-refractivity contribution in [2.24, 2.45) is 21.6 Å². The van der Waals surface area contributed by atoms with Crippen LogP contribution in [0.2, 0.25) is 0 Å². The molecule has 4 heterocycles. The van der Waals surface area contributed by atoms with Crippen molar-refractivity contribution in [1.82, 2.24) is 10.6 Å². The molecule has 18 nitrogen and oxygen atoms in total. The Kier molecular flexibility index (Phi) is 14.8. The third kappa shape index (κ3) is 10.7. The molecule has 0 aliphatic carbocycles. The fourth-order valence-corrected chi connectivity index (χ4v) is 9.69. The number of hydrogen-bond acceptors (Lipinski definition) is 12. The predicted octanol–water partition coefficient (Wildman–Crippen LogP) is 7.07. The molecular weight excluding hydrogens is 945 g/mol. The maximum atomic E-state index is 14.1. The molecule has 0 spiro atoms. The number of carbonyl (C=O) groups excluding carboxylic acids is 6. The summed E-state index contributed by atoms with van der Waals surface area (Å²) in [5.41, 5.74) is 12.2. The molecule has 5 aromatic rings. The van der Waals surface area contributed by atoms with Crippen molar-refractivity contribution >= 4 is 76.3 Å². The molecule has 0 aromatic heterocycles. The lowest BCUT2D eigenvalue weighted by Crippen LogP contribution is -2.53. The topological polar surface area (TPSA) is 233 Å². The summed E-state index contributed by atoms with van der Waals surface area (Å²) >= 11 is 0. The number of ether oxygens (including phenoxy) is 4. The minimum absolute atomic E-state index is 0.0317. The molecule has 4 aliphatic heterocycles. The number of aliphatic imine (C=N–C) groups is 2. The summed E-state index contributed by atoms with van der Waals surface area (Å²) in [4.78, 5) is 92.4. The minimum atomic E-state index is -1.04. The second kappa shape index (κ2) is 21.7. The van der Waals surface area contributed by atoms with Crippen LogP contribution in [0.3, 0.4) is 0 Å². The third-order valence-corrected chi connectivity index (χ3v) is 13.5. The van der Waals surface area contributed by atoms with E-state index in [9.17, 15) is 28.8 Å². The van der Waals surface area contributed by atoms with E-state index in [1.165, 1.54) is 21.1 Å². The molecule has 4 atom stereocenters. The third-order valence-electron chi connectivity index (χ3n) is 13.5. The predicted molar refractivity (Wildman–Crippen MR) is 280 cm³/mol. The maximum Gasteiger partial charge on any atom is 0.261 e. The Morgan fingerprint density at radius 2 is 1.15 bits per heavy atom. The fraction of sp³-hybridized carbons (Fsp3) is 0.321. The molecule has 9 rings (SSSR count). The van der Waals surface area contributed by atoms with E-state index in [-0.39, 0.29) is 61.8 Å². The number of nitrogens with zero attached hydrogens (tertiary/aromatic N) is 4. The van der Waals surface area contributed by atoms with Gasteiger partial charge in [0.05, 0.1) is 48.8 Å². The number of nitrogens with one attached hydrogen (secondary N) is 3. The number of para-hydroxylation sites is 2. The Hall–Kier alpha value is -8.54. The second-order valence-electron chi connectivity index (χ2n) is 19.0. The zero-order valence-corrected chi connectivity index (χ0v) is 41.8. The van der Waals surface area contributed by atoms with Crippen LogP contribution in [0.25, 0.3) is 0 Å². The van der Waals surface area contributed by atoms with Gasteiger partial charge in [0.1, 0.15) is 25.3 Å². The van der Waals surface area contributed by atoms with Gasteiger partial charge in [-0.15, -0.1) is 0 Å². The second-order valence-corrected chi connectivity index (χ2v) is 19.0. The lowest BCUT2D eigenvalue weighted by Gasteiger charge is -2.24. The summed E-state index contributed by atoms with van der Waals surface area (Å²) in [5.74, 6) is -1.32. The molecule has 18 heteroatoms. The molecule has 0 bridgehead atoms. The average Bonchev–Trinajstić information content (AvgIpc) is 3.88. The van der Waals surface area contributed by atoms with Crippen LogP contribution >= 0.6 is 0 Å². The summed E-state index contributed by atoms with van der Waals surface area (Å²) in [6.07, 6.45) is 5.99. The van der Waals surface area contributed by atoms with E-state index in [1.807, 2.05) is 54.6 Å². The van der Waals surface area contributed by atoms with E-state index in [0.717, 1.165) is 22.5 Å². The number of carbonyl (C=O) groups is 6. The fourth-order valence-electron chi connectivity index (χ4n) is 9.69. The van der Waals surface area contributed by atoms with Gasteiger partial charge in [-0.1, -0.05) is 50.2 Å². The van der Waals surface area contributed by atoms with Gasteiger partial charge in [0.15, 0.2) is 23.0 Å². The normalized spacial score (nSPS) is 16.6. The maximum absolute atomic E-state index is 14.1. The van der Waals surface area contributed by atoms with Crippen molar-refractivity contribution in [3.8, 4) is 23.0 Å². The number of hydrogen-bond donors (Lipinski definition) is 4. The zero-order valence-electron chi connectivity index (χ0n) is 41.8. The standard InChI is InChI=1S/C56H58N8O10/c1-31(2)52(62-51(66)17-11-10-16-50(57)65)54(68)60-32(3)53(67)61-37-19-33(29-73-48-25-42-40(23-46(48)71-4)55(69)63-38(27-58-42)21-35-12-6-8-14-44(35)63)18-34(20-37)30-74-49-26-43-41(24-47(49)72-5)56(70)64-39(28-59-43)22-36-13-7-9-15-45(36)64/h6-9,12-15,18-20,23-28,31-32,38-39,52H,10-11,16-17,21-22,29-30H2,1-5H3,(H2,57,65)(H,60,68)(H,61,67)(H,62,66)/t32-,38-,39-,52-/m0/s1. The number of nitrogens with two attached hydrogens (primary N) is 1. The minimum Gasteiger partial charge on any atom is -0.493 e. The summed E-state index contributed by atoms with van der Waals surface area (Å²) in [5, 5.41) is 8.41. The SMILES string of the molecule is COc1cc2c(cc1OCc1cc(COc3cc4c(cc3OC)C(=O)N3c5ccccc5C[C@H]3C=N4)cc(NC(=O)[C@H](C)NC(=O)[C@@H](NC(=O)CCCCC(N)=O)C(C)C)c1)N=C[C@@H]1Cc3ccccc3N1C2=O. The first-order chi connectivity index (χ1) is 35.7. The van der Waals surface area contributed by atoms with Crippen molar-refractivity contribution in [1.29, 1.82) is 0 Å². The number of fused-ring (bicyclic) bond motifs is 8. The van der Waals surface area contributed by atoms with Gasteiger partial charge in [-0.05, 0) is 90.4 Å². The Balaban J connectivity index is 0.952. The van der Waals surface area contributed by atoms with E-state index < -0.39 is 29.8 Å². The Labute approximate surface area is 428 Å². The molecule has 382 valence electrons. The molecular formula is C56H58N8O10. The first-order valence-electron chi connectivity index (χ1n) is 24.6. The van der Waals surface area contributed by atoms with Gasteiger partial charge >= 0.3 is 0 Å². The van der Waals surface area contributed by atoms with E-state index in [1.54, 1.807) is 72.5 Å². The highest BCUT2D eigenvalue weighted by molar-refractivity contribution is 6.16. The Morgan fingerprint density at radius 1 is 0.649 bits per heavy atom. The van der Waals surface area contributed by atoms with Gasteiger partial charge in [0.25, 0.3) is 11.8 Å². The van der Waals surface area contributed by atoms with Gasteiger partial charge in [0.2, 0.25) is 23.6 Å². The Bertz CT molecular complexity index is 2950. The van der Waals surface area contributed by atoms with Crippen LogP contribution in [0.1, 0.15) is 89.4 Å². The molecule has 0 saturated carbocycles. The lowest BCUT2D eigenvalue weighted by atomic mass is 10.0. The highest BCUT2D eigenvalue weighted by Gasteiger charge is 2.38. The van der Waals surface area contributed by atoms with Gasteiger partial charge in [-0.2, -0.15) is 0 Å². The van der Waals surface area contributed by atoms with Crippen molar-refractivity contribution in [2.45, 2.75) is 96.7 Å². The van der Waals surface area contributed by atoms with E-state index >= 15 is 0 Å². The molecule has 0 fully saturated rings. The van der Waals surface area contributed by atoms with Gasteiger partial charge in [0, 0.05) is 67.3 Å². The van der Waals surface area contributed by atoms with E-state index in [0.29, 0.717) is 88.0 Å². The van der Waals surface area contributed by atoms with Crippen LogP contribution in [-0.4, -0.2) is 86.3 Å². The number of primary amides is 1. The van der Waals surface area contributed by atoms with Crippen LogP contribution in [0.4, 0.5) is 28.4 Å². The monoisotopic (exact) mass is 1000 g/mol. The van der Waals surface area contributed by atoms with Crippen LogP contribution in [0.5, 0.6) is 23.0 Å². The van der Waals surface area contributed by atoms with Gasteiger partial charge < -0.3 is 40.6 Å². The summed E-state index contributed by atoms with van der Waals surface area (Å²) in [7, 11) is 2.98. The number of amides is 6. The molecule has 0 radical (unpaired) electrons. The number of anilines is 3. The summed E-state index contributed by atoms with van der Waals surface area (Å²) in [6, 6.07) is 25.1. The van der Waals surface area contributed by atoms with Gasteiger partial charge in [-0.3, -0.25) is 48.6 Å². The van der Waals surface area contributed by atoms with E-state index in [4.69, 9.17) is 34.7 Å². The quantitative estimate of drug-likeness (QED) is 0.0615. The van der Waals surface area contributed by atoms with E-state index in [2.05, 4.69) is 16.0 Å². The van der Waals surface area contributed by atoms with Crippen LogP contribution in [-0.2, 0) is 45.2 Å². The molecule has 0 unspecified atom stereocenters. The number of benzene rings is 5. The summed E-state index contributed by atoms with van der Waals surface area (Å²) < 4.78 is 24.4. The smallest absolute Gasteiger partial charge is 0.261 e. The molecule has 4 aliphatic rings. The number of unbranched alkanes of at least 4 members (excludes halogenated alkanes) is 1. The Morgan fingerprint density at radius 3 is 1.64 bits per heavy atom. The zero-order chi connectivity index (χ0) is 52.2. The van der Waals surface area contributed by atoms with Crippen LogP contribution in [0, 0.1) is 5.92 Å².